The zero-order chi connectivity index (χ0) is 31.6. The van der Waals surface area contributed by atoms with Crippen LogP contribution >= 0.6 is 0 Å². The predicted octanol–water partition coefficient (Wildman–Crippen LogP) is 3.26. The van der Waals surface area contributed by atoms with E-state index in [1.165, 1.54) is 0 Å². The van der Waals surface area contributed by atoms with Crippen molar-refractivity contribution in [2.75, 3.05) is 0 Å². The van der Waals surface area contributed by atoms with Crippen LogP contribution in [0.15, 0.2) is 42.2 Å². The molecule has 1 saturated heterocycles. The van der Waals surface area contributed by atoms with Crippen molar-refractivity contribution in [3.8, 4) is 0 Å². The van der Waals surface area contributed by atoms with Crippen LogP contribution in [-0.4, -0.2) is 55.4 Å². The van der Waals surface area contributed by atoms with Gasteiger partial charge in [-0.2, -0.15) is 0 Å². The predicted molar refractivity (Wildman–Crippen MR) is 164 cm³/mol. The molecule has 0 bridgehead atoms. The number of aromatic nitrogens is 2. The molecular weight excluding hydrogens is 548 g/mol. The fourth-order valence-electron chi connectivity index (χ4n) is 6.25. The molecule has 0 aliphatic carbocycles. The van der Waals surface area contributed by atoms with Crippen molar-refractivity contribution in [3.05, 3.63) is 87.2 Å². The molecule has 2 amide bonds. The molecule has 4 heterocycles. The summed E-state index contributed by atoms with van der Waals surface area (Å²) in [6, 6.07) is -0.201. The van der Waals surface area contributed by atoms with Gasteiger partial charge in [-0.15, -0.1) is 6.58 Å². The van der Waals surface area contributed by atoms with Crippen LogP contribution in [0.1, 0.15) is 71.7 Å². The summed E-state index contributed by atoms with van der Waals surface area (Å²) in [5.41, 5.74) is 9.42. The lowest BCUT2D eigenvalue weighted by Gasteiger charge is -2.12. The molecule has 2 aromatic rings. The largest absolute Gasteiger partial charge is 0.481 e. The third-order valence-corrected chi connectivity index (χ3v) is 8.92. The van der Waals surface area contributed by atoms with Crippen molar-refractivity contribution in [3.63, 3.8) is 0 Å². The summed E-state index contributed by atoms with van der Waals surface area (Å²) in [6.07, 6.45) is 5.58. The molecule has 7 N–H and O–H groups in total. The van der Waals surface area contributed by atoms with Gasteiger partial charge in [0.2, 0.25) is 5.91 Å². The summed E-state index contributed by atoms with van der Waals surface area (Å²) >= 11 is 0. The molecular formula is C33H42N4O6. The second-order valence-corrected chi connectivity index (χ2v) is 11.6. The van der Waals surface area contributed by atoms with Gasteiger partial charge in [0, 0.05) is 71.6 Å². The average molecular weight is 591 g/mol. The van der Waals surface area contributed by atoms with Crippen LogP contribution in [-0.2, 0) is 40.1 Å². The van der Waals surface area contributed by atoms with Gasteiger partial charge in [0.15, 0.2) is 6.29 Å². The van der Waals surface area contributed by atoms with E-state index in [1.807, 2.05) is 33.8 Å². The number of H-pyrrole nitrogens is 2. The first-order valence-electron chi connectivity index (χ1n) is 14.6. The first-order chi connectivity index (χ1) is 20.4. The van der Waals surface area contributed by atoms with Crippen molar-refractivity contribution in [1.82, 2.24) is 20.6 Å². The number of allylic oxidation sites excluding steroid dienone is 1. The quantitative estimate of drug-likeness (QED) is 0.140. The van der Waals surface area contributed by atoms with Gasteiger partial charge in [0.1, 0.15) is 0 Å². The number of nitrogens with one attached hydrogen (secondary N) is 4. The Balaban J connectivity index is 1.74. The molecule has 2 aromatic heterocycles. The van der Waals surface area contributed by atoms with Gasteiger partial charge in [-0.05, 0) is 67.5 Å². The Morgan fingerprint density at radius 2 is 1.67 bits per heavy atom. The van der Waals surface area contributed by atoms with Gasteiger partial charge >= 0.3 is 5.97 Å². The number of amides is 2. The van der Waals surface area contributed by atoms with Crippen molar-refractivity contribution in [2.45, 2.75) is 78.6 Å². The molecule has 0 saturated carbocycles. The Bertz CT molecular complexity index is 1520. The monoisotopic (exact) mass is 590 g/mol. The highest BCUT2D eigenvalue weighted by atomic mass is 16.5. The van der Waals surface area contributed by atoms with Crippen molar-refractivity contribution >= 4 is 23.9 Å². The number of aliphatic carboxylic acids is 1. The van der Waals surface area contributed by atoms with Gasteiger partial charge in [0.05, 0.1) is 6.04 Å². The maximum atomic E-state index is 12.4. The summed E-state index contributed by atoms with van der Waals surface area (Å²) in [7, 11) is 0. The lowest BCUT2D eigenvalue weighted by Crippen LogP contribution is -2.30. The molecule has 1 fully saturated rings. The fraction of sp³-hybridized carbons (Fsp3) is 0.424. The highest BCUT2D eigenvalue weighted by Crippen LogP contribution is 2.32. The van der Waals surface area contributed by atoms with E-state index >= 15 is 0 Å². The molecule has 0 aromatic carbocycles. The van der Waals surface area contributed by atoms with Crippen LogP contribution in [0.4, 0.5) is 0 Å². The topological polar surface area (TPSA) is 168 Å². The maximum absolute atomic E-state index is 12.4. The van der Waals surface area contributed by atoms with Crippen LogP contribution < -0.4 is 10.6 Å². The third-order valence-electron chi connectivity index (χ3n) is 8.92. The van der Waals surface area contributed by atoms with Gasteiger partial charge < -0.3 is 35.9 Å². The normalized spacial score (nSPS) is 21.2. The van der Waals surface area contributed by atoms with Crippen LogP contribution in [0.2, 0.25) is 0 Å². The molecule has 2 aliphatic rings. The van der Waals surface area contributed by atoms with E-state index < -0.39 is 12.3 Å². The third kappa shape index (κ3) is 6.60. The summed E-state index contributed by atoms with van der Waals surface area (Å²) < 4.78 is 0. The first kappa shape index (κ1) is 31.8. The lowest BCUT2D eigenvalue weighted by molar-refractivity contribution is -0.137. The molecule has 0 unspecified atom stereocenters. The zero-order valence-corrected chi connectivity index (χ0v) is 25.3. The molecule has 3 atom stereocenters. The van der Waals surface area contributed by atoms with Gasteiger partial charge in [-0.25, -0.2) is 0 Å². The Kier molecular flexibility index (Phi) is 9.62. The number of rotatable bonds is 13. The van der Waals surface area contributed by atoms with Crippen molar-refractivity contribution in [1.29, 1.82) is 0 Å². The second kappa shape index (κ2) is 13.0. The minimum absolute atomic E-state index is 0.0314. The average Bonchev–Trinajstić information content (AvgIpc) is 3.59. The summed E-state index contributed by atoms with van der Waals surface area (Å²) in [5, 5.41) is 34.7. The Hall–Kier alpha value is -4.15. The van der Waals surface area contributed by atoms with E-state index in [0.717, 1.165) is 56.3 Å². The van der Waals surface area contributed by atoms with Crippen LogP contribution in [0.3, 0.4) is 0 Å². The minimum atomic E-state index is -1.46. The molecule has 2 aliphatic heterocycles. The van der Waals surface area contributed by atoms with E-state index in [9.17, 15) is 29.7 Å². The smallest absolute Gasteiger partial charge is 0.303 e. The van der Waals surface area contributed by atoms with Crippen LogP contribution in [0, 0.1) is 25.7 Å². The van der Waals surface area contributed by atoms with Crippen LogP contribution in [0.5, 0.6) is 0 Å². The molecule has 10 nitrogen and oxygen atoms in total. The summed E-state index contributed by atoms with van der Waals surface area (Å²) in [6.45, 7) is 15.3. The number of carbonyl (C=O) groups excluding carboxylic acids is 2. The second-order valence-electron chi connectivity index (χ2n) is 11.6. The minimum Gasteiger partial charge on any atom is -0.481 e. The number of aliphatic hydroxyl groups excluding tert-OH is 1. The Labute approximate surface area is 251 Å². The molecule has 0 radical (unpaired) electrons. The van der Waals surface area contributed by atoms with Crippen molar-refractivity contribution < 1.29 is 29.7 Å². The Morgan fingerprint density at radius 3 is 2.28 bits per heavy atom. The van der Waals surface area contributed by atoms with Crippen molar-refractivity contribution in [2.24, 2.45) is 11.8 Å². The van der Waals surface area contributed by atoms with E-state index in [1.54, 1.807) is 12.2 Å². The fourth-order valence-corrected chi connectivity index (χ4v) is 6.25. The number of aliphatic hydroxyl groups is 2. The van der Waals surface area contributed by atoms with Gasteiger partial charge in [-0.1, -0.05) is 25.7 Å². The lowest BCUT2D eigenvalue weighted by atomic mass is 9.94. The van der Waals surface area contributed by atoms with E-state index in [-0.39, 0.29) is 42.5 Å². The SMILES string of the molecule is C=CC1=C(C)[C@@H](Cc2[nH]c(Cc3[nH]c(/C=C4\NC(=O)[C@H](C)[C@H]4C=C)c(C)c3CCC(O)O)c(CCC(=O)O)c2C)NC1=O. The van der Waals surface area contributed by atoms with Gasteiger partial charge in [0.25, 0.3) is 5.91 Å². The standard InChI is InChI=1S/C33H42N4O6/c1-7-20-19(6)32(42)37-27(20)14-25-18(5)23(10-12-31(40)41)29(35-25)15-28-22(9-11-30(38)39)17(4)24(34-28)13-26-16(3)21(8-2)33(43)36-26/h7-8,14,19-20,26,31,34-35,40-41H,1-2,9-13,15H2,3-6H3,(H,36,43)(H,37,42)(H,38,39)/b27-14-/t19-,20-,26-/m1/s1. The molecule has 4 rings (SSSR count). The number of aromatic amines is 2. The van der Waals surface area contributed by atoms with E-state index in [0.29, 0.717) is 31.3 Å². The van der Waals surface area contributed by atoms with Crippen LogP contribution in [0.25, 0.3) is 6.08 Å². The first-order valence-corrected chi connectivity index (χ1v) is 14.6. The molecule has 43 heavy (non-hydrogen) atoms. The Morgan fingerprint density at radius 1 is 1.00 bits per heavy atom. The number of carbonyl (C=O) groups is 3. The zero-order valence-electron chi connectivity index (χ0n) is 25.3. The molecule has 230 valence electrons. The molecule has 0 spiro atoms. The molecule has 10 heteroatoms. The number of carboxylic acids is 1. The number of hydrogen-bond acceptors (Lipinski definition) is 5. The number of carboxylic acid groups (broad SMARTS) is 1. The highest BCUT2D eigenvalue weighted by molar-refractivity contribution is 6.00. The summed E-state index contributed by atoms with van der Waals surface area (Å²) in [4.78, 5) is 43.3. The van der Waals surface area contributed by atoms with Gasteiger partial charge in [-0.3, -0.25) is 14.4 Å². The van der Waals surface area contributed by atoms with E-state index in [4.69, 9.17) is 0 Å². The van der Waals surface area contributed by atoms with E-state index in [2.05, 4.69) is 33.8 Å². The highest BCUT2D eigenvalue weighted by Gasteiger charge is 2.33. The summed E-state index contributed by atoms with van der Waals surface area (Å²) in [5.74, 6) is -1.49. The maximum Gasteiger partial charge on any atom is 0.303 e. The number of hydrogen-bond donors (Lipinski definition) is 7.